The molecular weight excluding hydrogens is 318 g/mol. The van der Waals surface area contributed by atoms with Crippen LogP contribution in [-0.4, -0.2) is 12.1 Å². The summed E-state index contributed by atoms with van der Waals surface area (Å²) in [5.74, 6) is -5.58. The van der Waals surface area contributed by atoms with E-state index < -0.39 is 28.9 Å². The van der Waals surface area contributed by atoms with E-state index in [1.165, 1.54) is 24.3 Å². The highest BCUT2D eigenvalue weighted by Crippen LogP contribution is 2.54. The molecule has 2 aromatic rings. The van der Waals surface area contributed by atoms with Gasteiger partial charge in [-0.15, -0.1) is 0 Å². The van der Waals surface area contributed by atoms with Gasteiger partial charge >= 0.3 is 12.1 Å². The van der Waals surface area contributed by atoms with E-state index in [0.29, 0.717) is 11.1 Å². The van der Waals surface area contributed by atoms with Gasteiger partial charge in [-0.05, 0) is 13.8 Å². The molecule has 0 aliphatic rings. The van der Waals surface area contributed by atoms with E-state index in [0.717, 1.165) is 24.3 Å². The van der Waals surface area contributed by atoms with Gasteiger partial charge in [0.25, 0.3) is 0 Å². The van der Waals surface area contributed by atoms with Crippen LogP contribution < -0.4 is 0 Å². The Bertz CT molecular complexity index is 622. The van der Waals surface area contributed by atoms with Gasteiger partial charge in [-0.3, -0.25) is 0 Å². The van der Waals surface area contributed by atoms with Crippen molar-refractivity contribution in [2.75, 3.05) is 0 Å². The minimum Gasteiger partial charge on any atom is -0.226 e. The minimum absolute atomic E-state index is 0.621. The minimum atomic E-state index is -6.03. The van der Waals surface area contributed by atoms with Crippen LogP contribution in [0, 0.1) is 13.8 Å². The second-order valence-corrected chi connectivity index (χ2v) is 5.46. The first-order chi connectivity index (χ1) is 10.5. The molecule has 124 valence electrons. The molecule has 6 heteroatoms. The maximum absolute atomic E-state index is 15.3. The topological polar surface area (TPSA) is 0 Å². The Morgan fingerprint density at radius 1 is 0.565 bits per heavy atom. The zero-order chi connectivity index (χ0) is 17.5. The molecule has 0 saturated heterocycles. The maximum atomic E-state index is 15.3. The molecule has 0 saturated carbocycles. The average molecular weight is 332 g/mol. The molecule has 0 unspecified atom stereocenters. The van der Waals surface area contributed by atoms with Crippen molar-refractivity contribution in [1.82, 2.24) is 0 Å². The predicted molar refractivity (Wildman–Crippen MR) is 75.2 cm³/mol. The van der Waals surface area contributed by atoms with Gasteiger partial charge in [0.05, 0.1) is 0 Å². The van der Waals surface area contributed by atoms with Gasteiger partial charge in [-0.25, -0.2) is 4.39 Å². The summed E-state index contributed by atoms with van der Waals surface area (Å²) in [6.45, 7) is 3.24. The first-order valence-corrected chi connectivity index (χ1v) is 6.78. The van der Waals surface area contributed by atoms with Crippen molar-refractivity contribution < 1.29 is 26.3 Å². The van der Waals surface area contributed by atoms with Crippen LogP contribution in [0.4, 0.5) is 26.3 Å². The Hall–Kier alpha value is -1.98. The van der Waals surface area contributed by atoms with Crippen LogP contribution in [0.5, 0.6) is 0 Å². The van der Waals surface area contributed by atoms with Crippen molar-refractivity contribution in [2.45, 2.75) is 31.6 Å². The molecule has 0 N–H and O–H groups in total. The normalized spacial score (nSPS) is 13.2. The SMILES string of the molecule is Cc1ccc(C(F)(c2ccc(C)cc2)C(F)(F)C(F)(F)F)cc1. The number of benzene rings is 2. The molecule has 0 amide bonds. The molecule has 0 nitrogen and oxygen atoms in total. The average Bonchev–Trinajstić information content (AvgIpc) is 2.46. The van der Waals surface area contributed by atoms with Crippen molar-refractivity contribution >= 4 is 0 Å². The third-order valence-electron chi connectivity index (χ3n) is 3.69. The van der Waals surface area contributed by atoms with E-state index in [4.69, 9.17) is 0 Å². The summed E-state index contributed by atoms with van der Waals surface area (Å²) in [6, 6.07) is 9.00. The molecular formula is C17H14F6. The van der Waals surface area contributed by atoms with Gasteiger partial charge in [0.15, 0.2) is 0 Å². The highest BCUT2D eigenvalue weighted by Gasteiger charge is 2.72. The predicted octanol–water partition coefficient (Wildman–Crippen LogP) is 5.71. The first-order valence-electron chi connectivity index (χ1n) is 6.78. The third-order valence-corrected chi connectivity index (χ3v) is 3.69. The molecule has 0 bridgehead atoms. The zero-order valence-electron chi connectivity index (χ0n) is 12.4. The van der Waals surface area contributed by atoms with E-state index in [9.17, 15) is 22.0 Å². The van der Waals surface area contributed by atoms with Crippen LogP contribution in [0.3, 0.4) is 0 Å². The molecule has 0 aliphatic carbocycles. The first kappa shape index (κ1) is 17.4. The fraction of sp³-hybridized carbons (Fsp3) is 0.294. The van der Waals surface area contributed by atoms with Crippen molar-refractivity contribution in [3.8, 4) is 0 Å². The van der Waals surface area contributed by atoms with Gasteiger partial charge in [0.1, 0.15) is 0 Å². The van der Waals surface area contributed by atoms with Crippen molar-refractivity contribution in [1.29, 1.82) is 0 Å². The molecule has 0 heterocycles. The molecule has 0 spiro atoms. The lowest BCUT2D eigenvalue weighted by atomic mass is 9.81. The maximum Gasteiger partial charge on any atom is 0.457 e. The molecule has 0 fully saturated rings. The van der Waals surface area contributed by atoms with Crippen LogP contribution in [0.2, 0.25) is 0 Å². The largest absolute Gasteiger partial charge is 0.457 e. The summed E-state index contributed by atoms with van der Waals surface area (Å²) in [5.41, 5.74) is -4.25. The second kappa shape index (κ2) is 5.58. The number of hydrogen-bond acceptors (Lipinski definition) is 0. The number of aryl methyl sites for hydroxylation is 2. The number of hydrogen-bond donors (Lipinski definition) is 0. The molecule has 0 aliphatic heterocycles. The third kappa shape index (κ3) is 2.82. The lowest BCUT2D eigenvalue weighted by molar-refractivity contribution is -0.323. The molecule has 0 radical (unpaired) electrons. The number of halogens is 6. The fourth-order valence-corrected chi connectivity index (χ4v) is 2.29. The van der Waals surface area contributed by atoms with Gasteiger partial charge in [-0.2, -0.15) is 22.0 Å². The lowest BCUT2D eigenvalue weighted by Crippen LogP contribution is -2.53. The summed E-state index contributed by atoms with van der Waals surface area (Å²) in [4.78, 5) is 0. The molecule has 0 aromatic heterocycles. The Morgan fingerprint density at radius 2 is 0.870 bits per heavy atom. The van der Waals surface area contributed by atoms with Crippen LogP contribution in [0.25, 0.3) is 0 Å². The van der Waals surface area contributed by atoms with Gasteiger partial charge < -0.3 is 0 Å². The monoisotopic (exact) mass is 332 g/mol. The van der Waals surface area contributed by atoms with E-state index >= 15 is 4.39 Å². The summed E-state index contributed by atoms with van der Waals surface area (Å²) < 4.78 is 82.0. The zero-order valence-corrected chi connectivity index (χ0v) is 12.4. The fourth-order valence-electron chi connectivity index (χ4n) is 2.29. The van der Waals surface area contributed by atoms with Gasteiger partial charge in [0, 0.05) is 11.1 Å². The van der Waals surface area contributed by atoms with Crippen LogP contribution in [0.15, 0.2) is 48.5 Å². The van der Waals surface area contributed by atoms with Crippen molar-refractivity contribution in [3.63, 3.8) is 0 Å². The van der Waals surface area contributed by atoms with Crippen molar-refractivity contribution in [2.24, 2.45) is 0 Å². The molecule has 0 atom stereocenters. The Labute approximate surface area is 129 Å². The lowest BCUT2D eigenvalue weighted by Gasteiger charge is -2.35. The summed E-state index contributed by atoms with van der Waals surface area (Å²) in [6.07, 6.45) is -6.03. The van der Waals surface area contributed by atoms with Crippen LogP contribution >= 0.6 is 0 Å². The molecule has 23 heavy (non-hydrogen) atoms. The summed E-state index contributed by atoms with van der Waals surface area (Å²) in [7, 11) is 0. The van der Waals surface area contributed by atoms with Crippen molar-refractivity contribution in [3.05, 3.63) is 70.8 Å². The highest BCUT2D eigenvalue weighted by atomic mass is 19.4. The number of rotatable bonds is 3. The Morgan fingerprint density at radius 3 is 1.13 bits per heavy atom. The second-order valence-electron chi connectivity index (χ2n) is 5.46. The summed E-state index contributed by atoms with van der Waals surface area (Å²) in [5, 5.41) is 0. The van der Waals surface area contributed by atoms with E-state index in [1.807, 2.05) is 0 Å². The van der Waals surface area contributed by atoms with E-state index in [1.54, 1.807) is 13.8 Å². The molecule has 2 rings (SSSR count). The van der Waals surface area contributed by atoms with Gasteiger partial charge in [-0.1, -0.05) is 59.7 Å². The summed E-state index contributed by atoms with van der Waals surface area (Å²) >= 11 is 0. The smallest absolute Gasteiger partial charge is 0.226 e. The van der Waals surface area contributed by atoms with E-state index in [-0.39, 0.29) is 0 Å². The molecule has 2 aromatic carbocycles. The number of alkyl halides is 6. The Balaban J connectivity index is 2.73. The quantitative estimate of drug-likeness (QED) is 0.631. The standard InChI is InChI=1S/C17H14F6/c1-11-3-7-13(8-4-11)15(18,16(19,20)17(21,22)23)14-9-5-12(2)6-10-14/h3-10H,1-2H3. The highest BCUT2D eigenvalue weighted by molar-refractivity contribution is 5.41. The van der Waals surface area contributed by atoms with Gasteiger partial charge in [0.2, 0.25) is 5.67 Å². The Kier molecular flexibility index (Phi) is 4.22. The van der Waals surface area contributed by atoms with E-state index in [2.05, 4.69) is 0 Å². The van der Waals surface area contributed by atoms with Crippen LogP contribution in [0.1, 0.15) is 22.3 Å². The van der Waals surface area contributed by atoms with Crippen LogP contribution in [-0.2, 0) is 5.67 Å².